The maximum Gasteiger partial charge on any atom is 0.309 e. The molecule has 0 amide bonds. The topological polar surface area (TPSA) is 52.6 Å². The van der Waals surface area contributed by atoms with E-state index in [4.69, 9.17) is 0 Å². The zero-order chi connectivity index (χ0) is 16.2. The molecule has 0 fully saturated rings. The van der Waals surface area contributed by atoms with Crippen LogP contribution in [0.5, 0.6) is 0 Å². The first kappa shape index (κ1) is 23.3. The molecule has 20 heavy (non-hydrogen) atoms. The second-order valence-electron chi connectivity index (χ2n) is 3.43. The lowest BCUT2D eigenvalue weighted by atomic mass is 10.3. The van der Waals surface area contributed by atoms with Gasteiger partial charge in [0, 0.05) is 0 Å². The molecule has 0 aliphatic heterocycles. The second-order valence-corrected chi connectivity index (χ2v) is 3.43. The Balaban J connectivity index is -0.000000234. The van der Waals surface area contributed by atoms with Crippen molar-refractivity contribution < 1.29 is 19.1 Å². The van der Waals surface area contributed by atoms with Crippen molar-refractivity contribution in [3.8, 4) is 0 Å². The first-order chi connectivity index (χ1) is 9.53. The smallest absolute Gasteiger partial charge is 0.309 e. The molecule has 0 spiro atoms. The second kappa shape index (κ2) is 22.3. The molecule has 0 N–H and O–H groups in total. The van der Waals surface area contributed by atoms with Crippen LogP contribution in [0.1, 0.15) is 39.5 Å². The van der Waals surface area contributed by atoms with E-state index in [0.29, 0.717) is 12.8 Å². The average Bonchev–Trinajstić information content (AvgIpc) is 2.48. The number of ether oxygens (including phenoxy) is 2. The summed E-state index contributed by atoms with van der Waals surface area (Å²) in [5.74, 6) is -0.422. The molecule has 0 saturated heterocycles. The minimum absolute atomic E-state index is 0.181. The van der Waals surface area contributed by atoms with Crippen LogP contribution in [0.4, 0.5) is 0 Å². The van der Waals surface area contributed by atoms with Gasteiger partial charge in [-0.1, -0.05) is 38.2 Å². The maximum atomic E-state index is 10.4. The van der Waals surface area contributed by atoms with E-state index in [-0.39, 0.29) is 11.9 Å². The Morgan fingerprint density at radius 1 is 0.850 bits per heavy atom. The van der Waals surface area contributed by atoms with Gasteiger partial charge in [0.25, 0.3) is 0 Å². The van der Waals surface area contributed by atoms with Crippen molar-refractivity contribution in [2.24, 2.45) is 0 Å². The molecule has 0 bridgehead atoms. The number of carbonyl (C=O) groups excluding carboxylic acids is 2. The van der Waals surface area contributed by atoms with Gasteiger partial charge in [-0.25, -0.2) is 0 Å². The van der Waals surface area contributed by atoms with Crippen LogP contribution in [-0.2, 0) is 19.1 Å². The molecule has 0 heterocycles. The van der Waals surface area contributed by atoms with Gasteiger partial charge >= 0.3 is 11.9 Å². The Labute approximate surface area is 123 Å². The summed E-state index contributed by atoms with van der Waals surface area (Å²) in [6.07, 6.45) is 9.88. The van der Waals surface area contributed by atoms with Gasteiger partial charge in [-0.2, -0.15) is 0 Å². The molecular weight excluding hydrogens is 256 g/mol. The normalized spacial score (nSPS) is 8.40. The summed E-state index contributed by atoms with van der Waals surface area (Å²) < 4.78 is 8.69. The van der Waals surface area contributed by atoms with Crippen molar-refractivity contribution in [1.82, 2.24) is 0 Å². The molecule has 0 aromatic carbocycles. The van der Waals surface area contributed by atoms with Crippen LogP contribution in [0.15, 0.2) is 37.5 Å². The number of hydrogen-bond donors (Lipinski definition) is 0. The number of carbonyl (C=O) groups is 2. The molecule has 0 radical (unpaired) electrons. The van der Waals surface area contributed by atoms with E-state index >= 15 is 0 Å². The van der Waals surface area contributed by atoms with Crippen LogP contribution in [-0.4, -0.2) is 26.2 Å². The van der Waals surface area contributed by atoms with Gasteiger partial charge in [0.15, 0.2) is 0 Å². The molecule has 0 aliphatic rings. The lowest BCUT2D eigenvalue weighted by Gasteiger charge is -1.90. The minimum atomic E-state index is -0.241. The third-order valence-electron chi connectivity index (χ3n) is 1.74. The van der Waals surface area contributed by atoms with Gasteiger partial charge in [0.2, 0.25) is 0 Å². The van der Waals surface area contributed by atoms with Gasteiger partial charge in [-0.3, -0.25) is 9.59 Å². The Bertz CT molecular complexity index is 280. The zero-order valence-corrected chi connectivity index (χ0v) is 13.2. The largest absolute Gasteiger partial charge is 0.469 e. The Morgan fingerprint density at radius 2 is 1.30 bits per heavy atom. The van der Waals surface area contributed by atoms with Crippen molar-refractivity contribution >= 4 is 11.9 Å². The van der Waals surface area contributed by atoms with E-state index in [1.165, 1.54) is 20.3 Å². The molecule has 0 unspecified atom stereocenters. The number of esters is 2. The number of rotatable bonds is 6. The predicted molar refractivity (Wildman–Crippen MR) is 83.4 cm³/mol. The van der Waals surface area contributed by atoms with Crippen molar-refractivity contribution in [3.63, 3.8) is 0 Å². The van der Waals surface area contributed by atoms with Crippen LogP contribution in [0.2, 0.25) is 0 Å². The summed E-state index contributed by atoms with van der Waals surface area (Å²) in [4.78, 5) is 20.5. The van der Waals surface area contributed by atoms with Crippen LogP contribution in [0.25, 0.3) is 0 Å². The summed E-state index contributed by atoms with van der Waals surface area (Å²) in [6, 6.07) is 0. The summed E-state index contributed by atoms with van der Waals surface area (Å²) in [5, 5.41) is 0. The fourth-order valence-corrected chi connectivity index (χ4v) is 0.631. The summed E-state index contributed by atoms with van der Waals surface area (Å²) >= 11 is 0. The van der Waals surface area contributed by atoms with Gasteiger partial charge in [-0.15, -0.1) is 13.2 Å². The number of hydrogen-bond acceptors (Lipinski definition) is 4. The van der Waals surface area contributed by atoms with Crippen molar-refractivity contribution in [3.05, 3.63) is 37.5 Å². The molecule has 0 atom stereocenters. The van der Waals surface area contributed by atoms with E-state index in [0.717, 1.165) is 12.8 Å². The van der Waals surface area contributed by atoms with Crippen LogP contribution < -0.4 is 0 Å². The predicted octanol–water partition coefficient (Wildman–Crippen LogP) is 3.83. The zero-order valence-electron chi connectivity index (χ0n) is 13.2. The SMILES string of the molecule is C=CCC.C=CCC(=O)OC.CC/C=C\CC(=O)OC. The molecule has 116 valence electrons. The van der Waals surface area contributed by atoms with Gasteiger partial charge in [0.05, 0.1) is 27.1 Å². The summed E-state index contributed by atoms with van der Waals surface area (Å²) in [5.41, 5.74) is 0. The van der Waals surface area contributed by atoms with Crippen molar-refractivity contribution in [2.45, 2.75) is 39.5 Å². The first-order valence-corrected chi connectivity index (χ1v) is 6.54. The fraction of sp³-hybridized carbons (Fsp3) is 0.500. The quantitative estimate of drug-likeness (QED) is 0.549. The molecule has 0 aromatic rings. The van der Waals surface area contributed by atoms with Gasteiger partial charge in [0.1, 0.15) is 0 Å². The van der Waals surface area contributed by atoms with Crippen LogP contribution in [0, 0.1) is 0 Å². The highest BCUT2D eigenvalue weighted by Crippen LogP contribution is 1.87. The first-order valence-electron chi connectivity index (χ1n) is 6.54. The van der Waals surface area contributed by atoms with E-state index in [2.05, 4.69) is 29.6 Å². The van der Waals surface area contributed by atoms with Crippen molar-refractivity contribution in [1.29, 1.82) is 0 Å². The maximum absolute atomic E-state index is 10.4. The Kier molecular flexibility index (Phi) is 26.0. The molecule has 0 aliphatic carbocycles. The number of methoxy groups -OCH3 is 2. The molecule has 0 rings (SSSR count). The van der Waals surface area contributed by atoms with E-state index in [1.54, 1.807) is 0 Å². The van der Waals surface area contributed by atoms with Gasteiger partial charge in [-0.05, 0) is 12.8 Å². The van der Waals surface area contributed by atoms with E-state index in [1.807, 2.05) is 25.2 Å². The van der Waals surface area contributed by atoms with E-state index < -0.39 is 0 Å². The standard InChI is InChI=1S/C7H12O2.C5H8O2.C4H8/c1-3-4-5-6-7(8)9-2;1-3-4-5(6)7-2;1-3-4-2/h4-5H,3,6H2,1-2H3;3H,1,4H2,2H3;3H,1,4H2,2H3/b5-4-;;. The summed E-state index contributed by atoms with van der Waals surface area (Å²) in [7, 11) is 2.74. The molecule has 0 saturated carbocycles. The highest BCUT2D eigenvalue weighted by molar-refractivity contribution is 5.71. The molecular formula is C16H28O4. The summed E-state index contributed by atoms with van der Waals surface area (Å²) in [6.45, 7) is 10.9. The molecule has 4 heteroatoms. The van der Waals surface area contributed by atoms with Crippen LogP contribution >= 0.6 is 0 Å². The average molecular weight is 284 g/mol. The van der Waals surface area contributed by atoms with E-state index in [9.17, 15) is 9.59 Å². The van der Waals surface area contributed by atoms with Crippen LogP contribution in [0.3, 0.4) is 0 Å². The molecule has 0 aromatic heterocycles. The third-order valence-corrected chi connectivity index (χ3v) is 1.74. The fourth-order valence-electron chi connectivity index (χ4n) is 0.631. The Morgan fingerprint density at radius 3 is 1.55 bits per heavy atom. The van der Waals surface area contributed by atoms with Crippen molar-refractivity contribution in [2.75, 3.05) is 14.2 Å². The third kappa shape index (κ3) is 29.8. The lowest BCUT2D eigenvalue weighted by Crippen LogP contribution is -1.96. The van der Waals surface area contributed by atoms with Gasteiger partial charge < -0.3 is 9.47 Å². The Hall–Kier alpha value is -1.84. The lowest BCUT2D eigenvalue weighted by molar-refractivity contribution is -0.140. The molecule has 4 nitrogen and oxygen atoms in total. The highest BCUT2D eigenvalue weighted by atomic mass is 16.5. The monoisotopic (exact) mass is 284 g/mol. The minimum Gasteiger partial charge on any atom is -0.469 e. The number of allylic oxidation sites excluding steroid dienone is 2. The highest BCUT2D eigenvalue weighted by Gasteiger charge is 1.91.